The van der Waals surface area contributed by atoms with E-state index < -0.39 is 0 Å². The lowest BCUT2D eigenvalue weighted by molar-refractivity contribution is 0.101. The van der Waals surface area contributed by atoms with Crippen molar-refractivity contribution in [3.05, 3.63) is 56.5 Å². The van der Waals surface area contributed by atoms with Crippen LogP contribution in [-0.4, -0.2) is 5.78 Å². The van der Waals surface area contributed by atoms with Gasteiger partial charge < -0.3 is 4.74 Å². The second kappa shape index (κ2) is 6.75. The Morgan fingerprint density at radius 3 is 2.38 bits per heavy atom. The van der Waals surface area contributed by atoms with Crippen molar-refractivity contribution in [2.45, 2.75) is 26.7 Å². The molecule has 0 bridgehead atoms. The van der Waals surface area contributed by atoms with E-state index in [1.54, 1.807) is 13.0 Å². The Morgan fingerprint density at radius 2 is 1.81 bits per heavy atom. The van der Waals surface area contributed by atoms with Crippen LogP contribution in [0.25, 0.3) is 0 Å². The number of carbonyl (C=O) groups is 1. The molecule has 0 fully saturated rings. The highest BCUT2D eigenvalue weighted by molar-refractivity contribution is 9.10. The van der Waals surface area contributed by atoms with E-state index in [0.717, 1.165) is 20.3 Å². The first-order chi connectivity index (χ1) is 9.88. The van der Waals surface area contributed by atoms with E-state index in [0.29, 0.717) is 17.2 Å². The average Bonchev–Trinajstić information content (AvgIpc) is 2.40. The van der Waals surface area contributed by atoms with Gasteiger partial charge in [0.15, 0.2) is 5.78 Å². The molecule has 0 radical (unpaired) electrons. The van der Waals surface area contributed by atoms with Crippen molar-refractivity contribution in [2.75, 3.05) is 0 Å². The lowest BCUT2D eigenvalue weighted by Gasteiger charge is -2.15. The Hall–Kier alpha value is -1.13. The zero-order chi connectivity index (χ0) is 15.6. The summed E-state index contributed by atoms with van der Waals surface area (Å²) in [6, 6.07) is 11.4. The van der Waals surface area contributed by atoms with Gasteiger partial charge in [-0.3, -0.25) is 4.79 Å². The predicted molar refractivity (Wildman–Crippen MR) is 92.5 cm³/mol. The molecule has 0 aliphatic rings. The smallest absolute Gasteiger partial charge is 0.160 e. The maximum absolute atomic E-state index is 11.4. The van der Waals surface area contributed by atoms with Crippen molar-refractivity contribution in [1.82, 2.24) is 0 Å². The molecule has 4 heteroatoms. The first-order valence-electron chi connectivity index (χ1n) is 6.66. The summed E-state index contributed by atoms with van der Waals surface area (Å²) < 4.78 is 7.76. The van der Waals surface area contributed by atoms with Crippen LogP contribution >= 0.6 is 31.9 Å². The van der Waals surface area contributed by atoms with Crippen molar-refractivity contribution >= 4 is 37.6 Å². The van der Waals surface area contributed by atoms with Crippen LogP contribution in [0.3, 0.4) is 0 Å². The van der Waals surface area contributed by atoms with Crippen LogP contribution in [-0.2, 0) is 0 Å². The summed E-state index contributed by atoms with van der Waals surface area (Å²) in [5.74, 6) is 1.92. The molecule has 0 spiro atoms. The topological polar surface area (TPSA) is 26.3 Å². The van der Waals surface area contributed by atoms with Crippen LogP contribution in [0, 0.1) is 0 Å². The van der Waals surface area contributed by atoms with E-state index in [9.17, 15) is 4.79 Å². The number of ketones is 1. The fourth-order valence-electron chi connectivity index (χ4n) is 2.04. The fraction of sp³-hybridized carbons (Fsp3) is 0.235. The van der Waals surface area contributed by atoms with Crippen LogP contribution in [0.15, 0.2) is 45.3 Å². The maximum atomic E-state index is 11.4. The number of ether oxygens (including phenoxy) is 1. The Bertz CT molecular complexity index is 678. The molecule has 21 heavy (non-hydrogen) atoms. The van der Waals surface area contributed by atoms with Crippen LogP contribution < -0.4 is 4.74 Å². The number of benzene rings is 2. The third-order valence-corrected chi connectivity index (χ3v) is 4.29. The summed E-state index contributed by atoms with van der Waals surface area (Å²) in [7, 11) is 0. The molecule has 0 unspecified atom stereocenters. The molecule has 2 aromatic carbocycles. The van der Waals surface area contributed by atoms with Gasteiger partial charge in [-0.1, -0.05) is 29.8 Å². The van der Waals surface area contributed by atoms with E-state index in [2.05, 4.69) is 51.8 Å². The number of rotatable bonds is 4. The maximum Gasteiger partial charge on any atom is 0.160 e. The first kappa shape index (κ1) is 16.2. The van der Waals surface area contributed by atoms with Crippen LogP contribution in [0.4, 0.5) is 0 Å². The third kappa shape index (κ3) is 3.95. The monoisotopic (exact) mass is 410 g/mol. The molecule has 0 aliphatic carbocycles. The lowest BCUT2D eigenvalue weighted by Crippen LogP contribution is -1.96. The molecule has 2 nitrogen and oxygen atoms in total. The summed E-state index contributed by atoms with van der Waals surface area (Å²) in [6.45, 7) is 5.80. The lowest BCUT2D eigenvalue weighted by atomic mass is 10.0. The van der Waals surface area contributed by atoms with E-state index in [1.807, 2.05) is 24.3 Å². The van der Waals surface area contributed by atoms with Crippen molar-refractivity contribution in [1.29, 1.82) is 0 Å². The molecule has 2 rings (SSSR count). The minimum absolute atomic E-state index is 0.0277. The Morgan fingerprint density at radius 1 is 1.10 bits per heavy atom. The SMILES string of the molecule is CC(=O)c1ccc(Oc2ccc(Br)cc2C(C)C)cc1Br. The largest absolute Gasteiger partial charge is 0.457 e. The summed E-state index contributed by atoms with van der Waals surface area (Å²) in [6.07, 6.45) is 0. The van der Waals surface area contributed by atoms with Gasteiger partial charge in [0, 0.05) is 14.5 Å². The first-order valence-corrected chi connectivity index (χ1v) is 8.25. The molecule has 2 aromatic rings. The van der Waals surface area contributed by atoms with E-state index in [-0.39, 0.29) is 5.78 Å². The minimum atomic E-state index is 0.0277. The highest BCUT2D eigenvalue weighted by Crippen LogP contribution is 2.34. The third-order valence-electron chi connectivity index (χ3n) is 3.14. The van der Waals surface area contributed by atoms with Gasteiger partial charge >= 0.3 is 0 Å². The number of halogens is 2. The summed E-state index contributed by atoms with van der Waals surface area (Å²) in [4.78, 5) is 11.4. The Kier molecular flexibility index (Phi) is 5.22. The van der Waals surface area contributed by atoms with Crippen LogP contribution in [0.5, 0.6) is 11.5 Å². The Labute approximate surface area is 141 Å². The molecule has 0 N–H and O–H groups in total. The standard InChI is InChI=1S/C17H16Br2O2/c1-10(2)15-8-12(18)4-7-17(15)21-13-5-6-14(11(3)20)16(19)9-13/h4-10H,1-3H3. The number of Topliss-reactive ketones (excluding diaryl/α,β-unsaturated/α-hetero) is 1. The average molecular weight is 412 g/mol. The van der Waals surface area contributed by atoms with Gasteiger partial charge in [-0.05, 0) is 70.7 Å². The van der Waals surface area contributed by atoms with E-state index in [4.69, 9.17) is 4.74 Å². The van der Waals surface area contributed by atoms with E-state index in [1.165, 1.54) is 0 Å². The molecule has 0 heterocycles. The highest BCUT2D eigenvalue weighted by Gasteiger charge is 2.11. The molecular weight excluding hydrogens is 396 g/mol. The van der Waals surface area contributed by atoms with Gasteiger partial charge in [0.05, 0.1) is 0 Å². The van der Waals surface area contributed by atoms with Crippen LogP contribution in [0.2, 0.25) is 0 Å². The Balaban J connectivity index is 2.34. The number of carbonyl (C=O) groups excluding carboxylic acids is 1. The van der Waals surface area contributed by atoms with Gasteiger partial charge in [-0.25, -0.2) is 0 Å². The van der Waals surface area contributed by atoms with Gasteiger partial charge in [0.25, 0.3) is 0 Å². The second-order valence-electron chi connectivity index (χ2n) is 5.14. The van der Waals surface area contributed by atoms with Crippen molar-refractivity contribution in [3.63, 3.8) is 0 Å². The minimum Gasteiger partial charge on any atom is -0.457 e. The summed E-state index contributed by atoms with van der Waals surface area (Å²) in [5, 5.41) is 0. The van der Waals surface area contributed by atoms with Gasteiger partial charge in [-0.15, -0.1) is 0 Å². The molecule has 0 aromatic heterocycles. The van der Waals surface area contributed by atoms with E-state index >= 15 is 0 Å². The zero-order valence-corrected chi connectivity index (χ0v) is 15.3. The molecular formula is C17H16Br2O2. The van der Waals surface area contributed by atoms with Crippen LogP contribution in [0.1, 0.15) is 42.6 Å². The van der Waals surface area contributed by atoms with Gasteiger partial charge in [0.2, 0.25) is 0 Å². The van der Waals surface area contributed by atoms with Crippen molar-refractivity contribution in [2.24, 2.45) is 0 Å². The molecule has 0 saturated heterocycles. The molecule has 0 atom stereocenters. The van der Waals surface area contributed by atoms with Gasteiger partial charge in [0.1, 0.15) is 11.5 Å². The van der Waals surface area contributed by atoms with Crippen molar-refractivity contribution < 1.29 is 9.53 Å². The zero-order valence-electron chi connectivity index (χ0n) is 12.1. The quantitative estimate of drug-likeness (QED) is 0.549. The normalized spacial score (nSPS) is 10.8. The molecule has 0 amide bonds. The highest BCUT2D eigenvalue weighted by atomic mass is 79.9. The van der Waals surface area contributed by atoms with Gasteiger partial charge in [-0.2, -0.15) is 0 Å². The van der Waals surface area contributed by atoms with Crippen molar-refractivity contribution in [3.8, 4) is 11.5 Å². The predicted octanol–water partition coefficient (Wildman–Crippen LogP) is 6.33. The second-order valence-corrected chi connectivity index (χ2v) is 6.91. The fourth-order valence-corrected chi connectivity index (χ4v) is 3.05. The number of hydrogen-bond donors (Lipinski definition) is 0. The molecule has 0 saturated carbocycles. The summed E-state index contributed by atoms with van der Waals surface area (Å²) >= 11 is 6.90. The summed E-state index contributed by atoms with van der Waals surface area (Å²) in [5.41, 5.74) is 1.79. The molecule has 110 valence electrons. The number of hydrogen-bond acceptors (Lipinski definition) is 2. The molecule has 0 aliphatic heterocycles.